The Morgan fingerprint density at radius 3 is 2.50 bits per heavy atom. The van der Waals surface area contributed by atoms with Gasteiger partial charge in [0.1, 0.15) is 5.75 Å². The molecule has 5 heteroatoms. The van der Waals surface area contributed by atoms with Crippen LogP contribution in [0.2, 0.25) is 0 Å². The summed E-state index contributed by atoms with van der Waals surface area (Å²) in [6.45, 7) is 1.66. The summed E-state index contributed by atoms with van der Waals surface area (Å²) in [6, 6.07) is 4.82. The minimum absolute atomic E-state index is 0.434. The monoisotopic (exact) mass is 234 g/mol. The first-order valence-corrected chi connectivity index (χ1v) is 4.73. The van der Waals surface area contributed by atoms with E-state index in [9.17, 15) is 13.2 Å². The molecule has 1 N–H and O–H groups in total. The van der Waals surface area contributed by atoms with Gasteiger partial charge >= 0.3 is 6.18 Å². The molecule has 0 aromatic heterocycles. The van der Waals surface area contributed by atoms with Crippen molar-refractivity contribution in [1.82, 2.24) is 0 Å². The molecule has 0 radical (unpaired) electrons. The van der Waals surface area contributed by atoms with Crippen LogP contribution in [0.4, 0.5) is 13.2 Å². The third-order valence-corrected chi connectivity index (χ3v) is 2.41. The van der Waals surface area contributed by atoms with Crippen LogP contribution in [0, 0.1) is 6.92 Å². The van der Waals surface area contributed by atoms with Crippen molar-refractivity contribution in [1.29, 1.82) is 0 Å². The third kappa shape index (κ3) is 2.88. The van der Waals surface area contributed by atoms with Crippen molar-refractivity contribution in [3.8, 4) is 5.75 Å². The topological polar surface area (TPSA) is 29.5 Å². The summed E-state index contributed by atoms with van der Waals surface area (Å²) in [4.78, 5) is 0. The van der Waals surface area contributed by atoms with Crippen molar-refractivity contribution in [2.75, 3.05) is 7.11 Å². The molecule has 0 aliphatic carbocycles. The van der Waals surface area contributed by atoms with Crippen molar-refractivity contribution in [2.24, 2.45) is 0 Å². The number of rotatable bonds is 3. The lowest BCUT2D eigenvalue weighted by Crippen LogP contribution is -2.30. The molecule has 1 rings (SSSR count). The molecule has 1 aromatic carbocycles. The number of alkyl halides is 3. The highest BCUT2D eigenvalue weighted by Crippen LogP contribution is 2.27. The molecule has 0 spiro atoms. The van der Waals surface area contributed by atoms with Gasteiger partial charge in [0.25, 0.3) is 0 Å². The fourth-order valence-electron chi connectivity index (χ4n) is 1.43. The maximum absolute atomic E-state index is 12.2. The van der Waals surface area contributed by atoms with Gasteiger partial charge in [-0.15, -0.1) is 0 Å². The van der Waals surface area contributed by atoms with E-state index in [0.29, 0.717) is 16.9 Å². The Bertz CT molecular complexity index is 361. The molecule has 90 valence electrons. The van der Waals surface area contributed by atoms with E-state index in [1.165, 1.54) is 7.11 Å². The van der Waals surface area contributed by atoms with E-state index in [2.05, 4.69) is 0 Å². The van der Waals surface area contributed by atoms with Gasteiger partial charge in [0.05, 0.1) is 7.11 Å². The van der Waals surface area contributed by atoms with Gasteiger partial charge in [-0.25, -0.2) is 0 Å². The second-order valence-corrected chi connectivity index (χ2v) is 3.51. The Hall–Kier alpha value is -1.23. The normalized spacial score (nSPS) is 13.6. The van der Waals surface area contributed by atoms with Crippen LogP contribution in [-0.2, 0) is 6.42 Å². The van der Waals surface area contributed by atoms with Crippen LogP contribution in [0.5, 0.6) is 5.75 Å². The molecule has 0 saturated carbocycles. The summed E-state index contributed by atoms with van der Waals surface area (Å²) >= 11 is 0. The first-order chi connectivity index (χ1) is 7.36. The van der Waals surface area contributed by atoms with Crippen LogP contribution >= 0.6 is 0 Å². The van der Waals surface area contributed by atoms with E-state index >= 15 is 0 Å². The van der Waals surface area contributed by atoms with Crippen LogP contribution in [-0.4, -0.2) is 24.5 Å². The van der Waals surface area contributed by atoms with E-state index in [1.807, 2.05) is 0 Å². The van der Waals surface area contributed by atoms with Crippen LogP contribution in [0.15, 0.2) is 18.2 Å². The second-order valence-electron chi connectivity index (χ2n) is 3.51. The Morgan fingerprint density at radius 2 is 2.00 bits per heavy atom. The standard InChI is InChI=1S/C11H13F3O2/c1-7-8(4-3-5-9(7)16-2)6-10(15)11(12,13)14/h3-5,10,15H,6H2,1-2H3. The SMILES string of the molecule is COc1cccc(CC(O)C(F)(F)F)c1C. The number of aliphatic hydroxyl groups is 1. The molecule has 1 unspecified atom stereocenters. The van der Waals surface area contributed by atoms with Crippen LogP contribution in [0.1, 0.15) is 11.1 Å². The second kappa shape index (κ2) is 4.74. The molecule has 2 nitrogen and oxygen atoms in total. The zero-order valence-corrected chi connectivity index (χ0v) is 9.01. The molecule has 1 aromatic rings. The zero-order chi connectivity index (χ0) is 12.3. The maximum atomic E-state index is 12.2. The summed E-state index contributed by atoms with van der Waals surface area (Å²) in [5, 5.41) is 8.96. The number of hydrogen-bond donors (Lipinski definition) is 1. The largest absolute Gasteiger partial charge is 0.496 e. The van der Waals surface area contributed by atoms with Gasteiger partial charge in [-0.2, -0.15) is 13.2 Å². The molecule has 16 heavy (non-hydrogen) atoms. The zero-order valence-electron chi connectivity index (χ0n) is 9.01. The molecular weight excluding hydrogens is 221 g/mol. The molecule has 0 saturated heterocycles. The van der Waals surface area contributed by atoms with Gasteiger partial charge < -0.3 is 9.84 Å². The Balaban J connectivity index is 2.90. The van der Waals surface area contributed by atoms with E-state index in [1.54, 1.807) is 25.1 Å². The van der Waals surface area contributed by atoms with Gasteiger partial charge in [0.2, 0.25) is 0 Å². The maximum Gasteiger partial charge on any atom is 0.414 e. The molecule has 0 aliphatic heterocycles. The third-order valence-electron chi connectivity index (χ3n) is 2.41. The Labute approximate surface area is 91.7 Å². The number of halogens is 3. The van der Waals surface area contributed by atoms with Crippen molar-refractivity contribution < 1.29 is 23.0 Å². The highest BCUT2D eigenvalue weighted by atomic mass is 19.4. The predicted molar refractivity (Wildman–Crippen MR) is 53.5 cm³/mol. The molecular formula is C11H13F3O2. The van der Waals surface area contributed by atoms with Crippen LogP contribution in [0.25, 0.3) is 0 Å². The fourth-order valence-corrected chi connectivity index (χ4v) is 1.43. The molecule has 0 amide bonds. The van der Waals surface area contributed by atoms with Crippen molar-refractivity contribution in [3.63, 3.8) is 0 Å². The van der Waals surface area contributed by atoms with Gasteiger partial charge in [-0.1, -0.05) is 12.1 Å². The van der Waals surface area contributed by atoms with Crippen molar-refractivity contribution in [2.45, 2.75) is 25.6 Å². The van der Waals surface area contributed by atoms with Crippen molar-refractivity contribution in [3.05, 3.63) is 29.3 Å². The van der Waals surface area contributed by atoms with Crippen LogP contribution in [0.3, 0.4) is 0 Å². The van der Waals surface area contributed by atoms with E-state index in [4.69, 9.17) is 9.84 Å². The molecule has 1 atom stereocenters. The highest BCUT2D eigenvalue weighted by molar-refractivity contribution is 5.39. The first-order valence-electron chi connectivity index (χ1n) is 4.73. The lowest BCUT2D eigenvalue weighted by Gasteiger charge is -2.16. The number of ether oxygens (including phenoxy) is 1. The molecule has 0 heterocycles. The average Bonchev–Trinajstić information content (AvgIpc) is 2.19. The fraction of sp³-hybridized carbons (Fsp3) is 0.455. The molecule has 0 bridgehead atoms. The predicted octanol–water partition coefficient (Wildman–Crippen LogP) is 2.47. The van der Waals surface area contributed by atoms with E-state index in [-0.39, 0.29) is 0 Å². The minimum atomic E-state index is -4.59. The van der Waals surface area contributed by atoms with E-state index in [0.717, 1.165) is 0 Å². The number of methoxy groups -OCH3 is 1. The first kappa shape index (κ1) is 12.8. The average molecular weight is 234 g/mol. The Morgan fingerprint density at radius 1 is 1.38 bits per heavy atom. The van der Waals surface area contributed by atoms with Gasteiger partial charge in [-0.05, 0) is 24.1 Å². The lowest BCUT2D eigenvalue weighted by molar-refractivity contribution is -0.203. The highest BCUT2D eigenvalue weighted by Gasteiger charge is 2.38. The summed E-state index contributed by atoms with van der Waals surface area (Å²) in [7, 11) is 1.45. The number of hydrogen-bond acceptors (Lipinski definition) is 2. The van der Waals surface area contributed by atoms with Gasteiger partial charge in [-0.3, -0.25) is 0 Å². The smallest absolute Gasteiger partial charge is 0.414 e. The molecule has 0 aliphatic rings. The Kier molecular flexibility index (Phi) is 3.80. The summed E-state index contributed by atoms with van der Waals surface area (Å²) in [5.41, 5.74) is 1.05. The molecule has 0 fully saturated rings. The number of aliphatic hydroxyl groups excluding tert-OH is 1. The summed E-state index contributed by atoms with van der Waals surface area (Å²) < 4.78 is 41.5. The minimum Gasteiger partial charge on any atom is -0.496 e. The van der Waals surface area contributed by atoms with E-state index < -0.39 is 18.7 Å². The van der Waals surface area contributed by atoms with Gasteiger partial charge in [0.15, 0.2) is 6.10 Å². The van der Waals surface area contributed by atoms with Gasteiger partial charge in [0, 0.05) is 6.42 Å². The quantitative estimate of drug-likeness (QED) is 0.870. The summed E-state index contributed by atoms with van der Waals surface area (Å²) in [6.07, 6.45) is -7.37. The summed E-state index contributed by atoms with van der Waals surface area (Å²) in [5.74, 6) is 0.520. The lowest BCUT2D eigenvalue weighted by atomic mass is 10.0. The number of benzene rings is 1. The van der Waals surface area contributed by atoms with Crippen molar-refractivity contribution >= 4 is 0 Å². The van der Waals surface area contributed by atoms with Crippen LogP contribution < -0.4 is 4.74 Å².